The number of amides is 1. The Balaban J connectivity index is 1.74. The second-order valence-corrected chi connectivity index (χ2v) is 11.0. The van der Waals surface area contributed by atoms with Crippen LogP contribution >= 0.6 is 11.8 Å². The van der Waals surface area contributed by atoms with Crippen LogP contribution in [0.4, 0.5) is 0 Å². The van der Waals surface area contributed by atoms with Crippen molar-refractivity contribution < 1.29 is 4.79 Å². The summed E-state index contributed by atoms with van der Waals surface area (Å²) in [6.45, 7) is 8.80. The highest BCUT2D eigenvalue weighted by Crippen LogP contribution is 2.42. The Bertz CT molecular complexity index is 1270. The number of thioether (sulfide) groups is 1. The van der Waals surface area contributed by atoms with E-state index in [0.717, 1.165) is 18.6 Å². The summed E-state index contributed by atoms with van der Waals surface area (Å²) in [6, 6.07) is 18.8. The van der Waals surface area contributed by atoms with E-state index in [1.807, 2.05) is 21.3 Å². The summed E-state index contributed by atoms with van der Waals surface area (Å²) in [5, 5.41) is 2.29. The summed E-state index contributed by atoms with van der Waals surface area (Å²) in [5.41, 5.74) is 4.68. The lowest BCUT2D eigenvalue weighted by Crippen LogP contribution is -2.58. The highest BCUT2D eigenvalue weighted by atomic mass is 32.2. The standard InChI is InChI=1S/C29H33N3O2S/c1-5-22(16-19(2)3)30-18-32(31-15-14-25(33)20(4)27(31)29(30)34)28-23-11-7-6-10-21(23)17-35-26-13-9-8-12-24(26)28/h6-15,19,22,28H,5,16-18H2,1-4H3/t22-,28?/m0/s1. The molecule has 2 aromatic carbocycles. The summed E-state index contributed by atoms with van der Waals surface area (Å²) in [7, 11) is 0. The van der Waals surface area contributed by atoms with Crippen LogP contribution < -0.4 is 10.4 Å². The van der Waals surface area contributed by atoms with Crippen molar-refractivity contribution in [3.05, 3.63) is 99.0 Å². The molecule has 35 heavy (non-hydrogen) atoms. The summed E-state index contributed by atoms with van der Waals surface area (Å²) in [5.74, 6) is 1.33. The minimum Gasteiger partial charge on any atom is -0.315 e. The predicted molar refractivity (Wildman–Crippen MR) is 143 cm³/mol. The van der Waals surface area contributed by atoms with E-state index in [0.29, 0.717) is 23.8 Å². The lowest BCUT2D eigenvalue weighted by Gasteiger charge is -2.47. The van der Waals surface area contributed by atoms with Crippen LogP contribution in [-0.4, -0.2) is 28.2 Å². The van der Waals surface area contributed by atoms with Gasteiger partial charge in [-0.25, -0.2) is 0 Å². The van der Waals surface area contributed by atoms with Crippen LogP contribution in [0.15, 0.2) is 70.5 Å². The summed E-state index contributed by atoms with van der Waals surface area (Å²) >= 11 is 1.86. The zero-order valence-corrected chi connectivity index (χ0v) is 21.7. The van der Waals surface area contributed by atoms with Crippen molar-refractivity contribution in [2.75, 3.05) is 11.7 Å². The summed E-state index contributed by atoms with van der Waals surface area (Å²) in [6.07, 6.45) is 3.59. The molecule has 0 N–H and O–H groups in total. The van der Waals surface area contributed by atoms with E-state index in [1.54, 1.807) is 19.2 Å². The van der Waals surface area contributed by atoms with Crippen molar-refractivity contribution in [1.82, 2.24) is 9.58 Å². The molecule has 0 saturated carbocycles. The quantitative estimate of drug-likeness (QED) is 0.461. The van der Waals surface area contributed by atoms with Crippen molar-refractivity contribution >= 4 is 17.7 Å². The Morgan fingerprint density at radius 2 is 1.71 bits per heavy atom. The number of pyridine rings is 1. The number of fused-ring (bicyclic) bond motifs is 3. The molecule has 0 aliphatic carbocycles. The molecule has 0 fully saturated rings. The molecule has 6 heteroatoms. The molecule has 2 atom stereocenters. The van der Waals surface area contributed by atoms with Gasteiger partial charge in [-0.3, -0.25) is 19.3 Å². The lowest BCUT2D eigenvalue weighted by molar-refractivity contribution is 0.0561. The summed E-state index contributed by atoms with van der Waals surface area (Å²) < 4.78 is 1.95. The van der Waals surface area contributed by atoms with E-state index in [2.05, 4.69) is 74.3 Å². The highest BCUT2D eigenvalue weighted by Gasteiger charge is 2.39. The third-order valence-corrected chi connectivity index (χ3v) is 8.40. The molecule has 3 heterocycles. The van der Waals surface area contributed by atoms with Gasteiger partial charge in [-0.2, -0.15) is 0 Å². The monoisotopic (exact) mass is 487 g/mol. The Morgan fingerprint density at radius 1 is 1.00 bits per heavy atom. The SMILES string of the molecule is CC[C@@H](CC(C)C)N1CN(C2c3ccccc3CSc3ccccc32)n2ccc(=O)c(C)c2C1=O. The average molecular weight is 488 g/mol. The van der Waals surface area contributed by atoms with Gasteiger partial charge in [0.15, 0.2) is 5.43 Å². The number of rotatable bonds is 5. The Hall–Kier alpha value is -2.99. The predicted octanol–water partition coefficient (Wildman–Crippen LogP) is 5.73. The van der Waals surface area contributed by atoms with Gasteiger partial charge in [0, 0.05) is 34.5 Å². The third kappa shape index (κ3) is 4.18. The molecule has 1 unspecified atom stereocenters. The first-order valence-corrected chi connectivity index (χ1v) is 13.5. The molecule has 0 saturated heterocycles. The Morgan fingerprint density at radius 3 is 2.46 bits per heavy atom. The van der Waals surface area contributed by atoms with Gasteiger partial charge >= 0.3 is 0 Å². The van der Waals surface area contributed by atoms with Gasteiger partial charge in [0.05, 0.1) is 6.04 Å². The fraction of sp³-hybridized carbons (Fsp3) is 0.379. The minimum atomic E-state index is -0.0967. The molecule has 0 radical (unpaired) electrons. The largest absolute Gasteiger partial charge is 0.315 e. The maximum Gasteiger partial charge on any atom is 0.274 e. The van der Waals surface area contributed by atoms with Crippen LogP contribution in [0.3, 0.4) is 0 Å². The molecule has 5 rings (SSSR count). The topological polar surface area (TPSA) is 45.5 Å². The number of carbonyl (C=O) groups is 1. The first-order valence-electron chi connectivity index (χ1n) is 12.5. The molecular weight excluding hydrogens is 454 g/mol. The van der Waals surface area contributed by atoms with E-state index < -0.39 is 0 Å². The van der Waals surface area contributed by atoms with Crippen molar-refractivity contribution in [3.8, 4) is 0 Å². The van der Waals surface area contributed by atoms with E-state index in [1.165, 1.54) is 21.6 Å². The van der Waals surface area contributed by atoms with Crippen LogP contribution in [-0.2, 0) is 5.75 Å². The van der Waals surface area contributed by atoms with Crippen molar-refractivity contribution in [2.24, 2.45) is 5.92 Å². The first kappa shape index (κ1) is 23.7. The molecule has 1 aromatic heterocycles. The van der Waals surface area contributed by atoms with Crippen LogP contribution in [0.5, 0.6) is 0 Å². The van der Waals surface area contributed by atoms with E-state index in [9.17, 15) is 9.59 Å². The fourth-order valence-electron chi connectivity index (χ4n) is 5.48. The average Bonchev–Trinajstić information content (AvgIpc) is 3.02. The molecule has 1 amide bonds. The van der Waals surface area contributed by atoms with Gasteiger partial charge in [0.25, 0.3) is 5.91 Å². The third-order valence-electron chi connectivity index (χ3n) is 7.26. The molecule has 182 valence electrons. The molecular formula is C29H33N3O2S. The van der Waals surface area contributed by atoms with Gasteiger partial charge in [0.1, 0.15) is 12.4 Å². The minimum absolute atomic E-state index is 0.0477. The van der Waals surface area contributed by atoms with Gasteiger partial charge in [-0.05, 0) is 48.4 Å². The molecule has 0 bridgehead atoms. The number of carbonyl (C=O) groups excluding carboxylic acids is 1. The van der Waals surface area contributed by atoms with Gasteiger partial charge in [0.2, 0.25) is 0 Å². The van der Waals surface area contributed by atoms with Gasteiger partial charge in [-0.15, -0.1) is 11.8 Å². The summed E-state index contributed by atoms with van der Waals surface area (Å²) in [4.78, 5) is 29.8. The Kier molecular flexibility index (Phi) is 6.49. The van der Waals surface area contributed by atoms with Crippen molar-refractivity contribution in [1.29, 1.82) is 0 Å². The molecule has 2 aliphatic rings. The molecule has 5 nitrogen and oxygen atoms in total. The number of aromatic nitrogens is 1. The maximum atomic E-state index is 13.9. The molecule has 2 aliphatic heterocycles. The maximum absolute atomic E-state index is 13.9. The van der Waals surface area contributed by atoms with Crippen molar-refractivity contribution in [2.45, 2.75) is 63.3 Å². The molecule has 0 spiro atoms. The van der Waals surface area contributed by atoms with E-state index >= 15 is 0 Å². The van der Waals surface area contributed by atoms with Crippen LogP contribution in [0.2, 0.25) is 0 Å². The fourth-order valence-corrected chi connectivity index (χ4v) is 6.58. The zero-order valence-electron chi connectivity index (χ0n) is 20.9. The van der Waals surface area contributed by atoms with E-state index in [-0.39, 0.29) is 23.4 Å². The number of hydrogen-bond acceptors (Lipinski definition) is 4. The second-order valence-electron chi connectivity index (χ2n) is 9.97. The van der Waals surface area contributed by atoms with E-state index in [4.69, 9.17) is 0 Å². The highest BCUT2D eigenvalue weighted by molar-refractivity contribution is 7.98. The van der Waals surface area contributed by atoms with Crippen LogP contribution in [0.25, 0.3) is 0 Å². The number of nitrogens with zero attached hydrogens (tertiary/aromatic N) is 3. The zero-order chi connectivity index (χ0) is 24.7. The lowest BCUT2D eigenvalue weighted by atomic mass is 9.94. The smallest absolute Gasteiger partial charge is 0.274 e. The number of benzene rings is 2. The van der Waals surface area contributed by atoms with Crippen LogP contribution in [0, 0.1) is 12.8 Å². The Labute approximate surface area is 211 Å². The van der Waals surface area contributed by atoms with Crippen LogP contribution in [0.1, 0.15) is 72.4 Å². The van der Waals surface area contributed by atoms with Crippen molar-refractivity contribution in [3.63, 3.8) is 0 Å². The second kappa shape index (κ2) is 9.57. The van der Waals surface area contributed by atoms with Gasteiger partial charge in [-0.1, -0.05) is 63.2 Å². The molecule has 3 aromatic rings. The normalized spacial score (nSPS) is 18.1. The number of hydrogen-bond donors (Lipinski definition) is 0. The first-order chi connectivity index (χ1) is 16.9. The van der Waals surface area contributed by atoms with Gasteiger partial charge < -0.3 is 4.90 Å².